The highest BCUT2D eigenvalue weighted by Crippen LogP contribution is 2.27. The lowest BCUT2D eigenvalue weighted by Gasteiger charge is -2.21. The van der Waals surface area contributed by atoms with Crippen LogP contribution in [-0.2, 0) is 28.8 Å². The lowest BCUT2D eigenvalue weighted by atomic mass is 10.0. The number of hydrogen-bond acceptors (Lipinski definition) is 9. The minimum absolute atomic E-state index is 0.00351. The molecule has 15 heteroatoms. The molecule has 0 heterocycles. The van der Waals surface area contributed by atoms with Crippen LogP contribution in [0.15, 0.2) is 18.2 Å². The fourth-order valence-electron chi connectivity index (χ4n) is 4.42. The van der Waals surface area contributed by atoms with Crippen molar-refractivity contribution in [2.45, 2.75) is 129 Å². The Hall–Kier alpha value is -4.01. The number of rotatable bonds is 21. The Balaban J connectivity index is 2.94. The van der Waals surface area contributed by atoms with Gasteiger partial charge < -0.3 is 41.4 Å². The van der Waals surface area contributed by atoms with Gasteiger partial charge in [-0.25, -0.2) is 0 Å². The van der Waals surface area contributed by atoms with Gasteiger partial charge in [0.15, 0.2) is 13.2 Å². The van der Waals surface area contributed by atoms with E-state index in [-0.39, 0.29) is 66.9 Å². The zero-order valence-corrected chi connectivity index (χ0v) is 31.1. The molecule has 0 bridgehead atoms. The summed E-state index contributed by atoms with van der Waals surface area (Å²) >= 11 is 4.13. The van der Waals surface area contributed by atoms with Crippen molar-refractivity contribution in [3.8, 4) is 11.5 Å². The second-order valence-electron chi connectivity index (χ2n) is 13.1. The summed E-state index contributed by atoms with van der Waals surface area (Å²) in [5.41, 5.74) is 0.817. The fraction of sp³-hybridized carbons (Fsp3) is 0.647. The molecule has 14 nitrogen and oxygen atoms in total. The molecule has 3 unspecified atom stereocenters. The molecular weight excluding hydrogens is 652 g/mol. The van der Waals surface area contributed by atoms with Crippen LogP contribution in [0.1, 0.15) is 99.5 Å². The van der Waals surface area contributed by atoms with E-state index in [9.17, 15) is 28.8 Å². The van der Waals surface area contributed by atoms with E-state index in [0.717, 1.165) is 5.56 Å². The molecule has 0 spiro atoms. The van der Waals surface area contributed by atoms with Gasteiger partial charge in [-0.05, 0) is 84.9 Å². The Morgan fingerprint density at radius 3 is 1.29 bits per heavy atom. The molecule has 1 rings (SSSR count). The maximum Gasteiger partial charge on any atom is 0.258 e. The Morgan fingerprint density at radius 1 is 0.551 bits per heavy atom. The summed E-state index contributed by atoms with van der Waals surface area (Å²) in [6.07, 6.45) is 0.232. The van der Waals surface area contributed by atoms with Crippen molar-refractivity contribution in [2.75, 3.05) is 13.2 Å². The first-order chi connectivity index (χ1) is 22.9. The van der Waals surface area contributed by atoms with Crippen LogP contribution in [0.5, 0.6) is 11.5 Å². The molecule has 276 valence electrons. The summed E-state index contributed by atoms with van der Waals surface area (Å²) in [5.74, 6) is -1.85. The van der Waals surface area contributed by atoms with Crippen LogP contribution >= 0.6 is 12.6 Å². The molecule has 0 aliphatic heterocycles. The Kier molecular flexibility index (Phi) is 19.2. The average Bonchev–Trinajstić information content (AvgIpc) is 2.97. The average molecular weight is 709 g/mol. The minimum atomic E-state index is -0.963. The number of carbonyl (C=O) groups excluding carboxylic acids is 6. The van der Waals surface area contributed by atoms with E-state index in [4.69, 9.17) is 9.47 Å². The van der Waals surface area contributed by atoms with Gasteiger partial charge in [-0.3, -0.25) is 28.8 Å². The van der Waals surface area contributed by atoms with Gasteiger partial charge in [-0.2, -0.15) is 12.6 Å². The quantitative estimate of drug-likeness (QED) is 0.0745. The van der Waals surface area contributed by atoms with Gasteiger partial charge >= 0.3 is 0 Å². The molecule has 49 heavy (non-hydrogen) atoms. The molecule has 0 aliphatic rings. The van der Waals surface area contributed by atoms with Crippen molar-refractivity contribution in [2.24, 2.45) is 0 Å². The number of benzene rings is 1. The number of amides is 6. The summed E-state index contributed by atoms with van der Waals surface area (Å²) in [4.78, 5) is 75.5. The summed E-state index contributed by atoms with van der Waals surface area (Å²) < 4.78 is 11.5. The van der Waals surface area contributed by atoms with Crippen LogP contribution in [0.2, 0.25) is 0 Å². The van der Waals surface area contributed by atoms with Crippen LogP contribution in [-0.4, -0.2) is 84.2 Å². The number of nitrogens with one attached hydrogen (secondary N) is 6. The third-order valence-electron chi connectivity index (χ3n) is 6.61. The largest absolute Gasteiger partial charge is 0.484 e. The van der Waals surface area contributed by atoms with Crippen LogP contribution in [0.4, 0.5) is 0 Å². The summed E-state index contributed by atoms with van der Waals surface area (Å²) in [5, 5.41) is 15.9. The van der Waals surface area contributed by atoms with E-state index >= 15 is 0 Å². The van der Waals surface area contributed by atoms with Gasteiger partial charge in [0.1, 0.15) is 23.6 Å². The highest BCUT2D eigenvalue weighted by atomic mass is 32.1. The van der Waals surface area contributed by atoms with E-state index in [0.29, 0.717) is 11.5 Å². The lowest BCUT2D eigenvalue weighted by molar-refractivity contribution is -0.131. The van der Waals surface area contributed by atoms with E-state index in [1.54, 1.807) is 46.8 Å². The maximum atomic E-state index is 12.9. The Morgan fingerprint density at radius 2 is 0.939 bits per heavy atom. The third kappa shape index (κ3) is 18.9. The predicted molar refractivity (Wildman–Crippen MR) is 190 cm³/mol. The van der Waals surface area contributed by atoms with Crippen LogP contribution < -0.4 is 41.4 Å². The molecule has 0 fully saturated rings. The van der Waals surface area contributed by atoms with Gasteiger partial charge in [-0.1, -0.05) is 13.8 Å². The second kappa shape index (κ2) is 21.9. The molecule has 1 aromatic carbocycles. The molecule has 0 radical (unpaired) electrons. The van der Waals surface area contributed by atoms with Crippen molar-refractivity contribution < 1.29 is 38.2 Å². The van der Waals surface area contributed by atoms with Crippen molar-refractivity contribution in [3.63, 3.8) is 0 Å². The zero-order valence-electron chi connectivity index (χ0n) is 30.2. The van der Waals surface area contributed by atoms with E-state index < -0.39 is 48.9 Å². The summed E-state index contributed by atoms with van der Waals surface area (Å²) in [6, 6.07) is 2.72. The number of hydrogen-bond donors (Lipinski definition) is 7. The highest BCUT2D eigenvalue weighted by molar-refractivity contribution is 7.80. The van der Waals surface area contributed by atoms with Crippen LogP contribution in [0, 0.1) is 0 Å². The second-order valence-corrected chi connectivity index (χ2v) is 13.9. The first-order valence-electron chi connectivity index (χ1n) is 16.7. The molecule has 6 N–H and O–H groups in total. The molecule has 1 aromatic rings. The van der Waals surface area contributed by atoms with Crippen LogP contribution in [0.3, 0.4) is 0 Å². The van der Waals surface area contributed by atoms with Gasteiger partial charge in [-0.15, -0.1) is 0 Å². The minimum Gasteiger partial charge on any atom is -0.484 e. The predicted octanol–water partition coefficient (Wildman–Crippen LogP) is 2.06. The van der Waals surface area contributed by atoms with Crippen molar-refractivity contribution in [3.05, 3.63) is 23.8 Å². The van der Waals surface area contributed by atoms with Gasteiger partial charge in [0.05, 0.1) is 5.37 Å². The number of thiol groups is 1. The van der Waals surface area contributed by atoms with Crippen molar-refractivity contribution in [1.29, 1.82) is 0 Å². The normalized spacial score (nSPS) is 12.9. The molecule has 0 aromatic heterocycles. The summed E-state index contributed by atoms with van der Waals surface area (Å²) in [6.45, 7) is 15.6. The number of ether oxygens (including phenoxy) is 2. The summed E-state index contributed by atoms with van der Waals surface area (Å²) in [7, 11) is 0. The monoisotopic (exact) mass is 708 g/mol. The van der Waals surface area contributed by atoms with Gasteiger partial charge in [0, 0.05) is 37.0 Å². The fourth-order valence-corrected chi connectivity index (χ4v) is 4.57. The maximum absolute atomic E-state index is 12.9. The number of carbonyl (C=O) groups is 6. The topological polar surface area (TPSA) is 193 Å². The Bertz CT molecular complexity index is 1180. The molecule has 6 amide bonds. The smallest absolute Gasteiger partial charge is 0.258 e. The van der Waals surface area contributed by atoms with E-state index in [2.05, 4.69) is 44.5 Å². The lowest BCUT2D eigenvalue weighted by Crippen LogP contribution is -2.50. The van der Waals surface area contributed by atoms with Crippen LogP contribution in [0.25, 0.3) is 0 Å². The van der Waals surface area contributed by atoms with Crippen molar-refractivity contribution >= 4 is 48.1 Å². The molecule has 3 atom stereocenters. The molecule has 0 saturated carbocycles. The van der Waals surface area contributed by atoms with Gasteiger partial charge in [0.2, 0.25) is 23.6 Å². The van der Waals surface area contributed by atoms with Crippen molar-refractivity contribution in [1.82, 2.24) is 31.9 Å². The molecule has 0 aliphatic carbocycles. The third-order valence-corrected chi connectivity index (χ3v) is 6.74. The Labute approximate surface area is 295 Å². The SMILES string of the molecule is CC(C)NC(=O)CCC(NC(=O)COc1cc(OCC(=O)NC(CCC(=O)NC(C)S)C(=O)NC(C)C)cc(C(C)C)c1)C(=O)NC(C)C. The van der Waals surface area contributed by atoms with Gasteiger partial charge in [0.25, 0.3) is 11.8 Å². The first-order valence-corrected chi connectivity index (χ1v) is 17.2. The standard InChI is InChI=1S/C34H56N6O8S/c1-19(2)24-14-25(47-17-31(43)39-27(33(45)36-21(5)6)10-12-29(41)35-20(3)4)16-26(15-24)48-18-32(44)40-28(34(46)37-22(7)8)11-13-30(42)38-23(9)49/h14-16,19-23,27-28,49H,10-13,17-18H2,1-9H3,(H,35,41)(H,36,45)(H,37,46)(H,38,42)(H,39,43)(H,40,44). The van der Waals surface area contributed by atoms with E-state index in [1.165, 1.54) is 6.07 Å². The van der Waals surface area contributed by atoms with E-state index in [1.807, 2.05) is 27.7 Å². The molecule has 0 saturated heterocycles. The molecular formula is C34H56N6O8S. The highest BCUT2D eigenvalue weighted by Gasteiger charge is 2.24. The zero-order chi connectivity index (χ0) is 37.3. The first kappa shape index (κ1) is 43.0.